The zero-order chi connectivity index (χ0) is 21.7. The quantitative estimate of drug-likeness (QED) is 0.537. The van der Waals surface area contributed by atoms with Gasteiger partial charge in [0.1, 0.15) is 11.4 Å². The summed E-state index contributed by atoms with van der Waals surface area (Å²) in [5.41, 5.74) is 1.97. The van der Waals surface area contributed by atoms with Gasteiger partial charge < -0.3 is 20.5 Å². The number of nitrogens with one attached hydrogen (secondary N) is 2. The Bertz CT molecular complexity index is 857. The number of hydrogen-bond acceptors (Lipinski definition) is 4. The van der Waals surface area contributed by atoms with Gasteiger partial charge in [-0.25, -0.2) is 0 Å². The average Bonchev–Trinajstić information content (AvgIpc) is 2.69. The minimum absolute atomic E-state index is 0.0583. The van der Waals surface area contributed by atoms with E-state index in [9.17, 15) is 9.90 Å². The van der Waals surface area contributed by atoms with Gasteiger partial charge in [0.05, 0.1) is 12.1 Å². The summed E-state index contributed by atoms with van der Waals surface area (Å²) in [5.74, 6) is 0.734. The summed E-state index contributed by atoms with van der Waals surface area (Å²) in [6.07, 6.45) is 1.56. The number of benzene rings is 2. The highest BCUT2D eigenvalue weighted by molar-refractivity contribution is 9.10. The lowest BCUT2D eigenvalue weighted by Gasteiger charge is -2.38. The second-order valence-electron chi connectivity index (χ2n) is 8.61. The van der Waals surface area contributed by atoms with Crippen molar-refractivity contribution in [3.8, 4) is 5.75 Å². The molecule has 1 aliphatic heterocycles. The molecule has 0 spiro atoms. The van der Waals surface area contributed by atoms with E-state index in [2.05, 4.69) is 58.6 Å². The van der Waals surface area contributed by atoms with Crippen molar-refractivity contribution in [3.63, 3.8) is 0 Å². The first-order valence-electron chi connectivity index (χ1n) is 10.4. The second kappa shape index (κ2) is 9.94. The number of aryl methyl sites for hydroxylation is 1. The predicted octanol–water partition coefficient (Wildman–Crippen LogP) is 4.14. The molecule has 162 valence electrons. The maximum atomic E-state index is 11.7. The van der Waals surface area contributed by atoms with Gasteiger partial charge in [-0.2, -0.15) is 0 Å². The summed E-state index contributed by atoms with van der Waals surface area (Å²) in [4.78, 5) is 11.7. The van der Waals surface area contributed by atoms with Gasteiger partial charge in [0.25, 0.3) is 0 Å². The number of rotatable bonds is 8. The van der Waals surface area contributed by atoms with Gasteiger partial charge in [-0.3, -0.25) is 4.79 Å². The van der Waals surface area contributed by atoms with E-state index in [1.807, 2.05) is 30.3 Å². The van der Waals surface area contributed by atoms with E-state index in [-0.39, 0.29) is 23.6 Å². The van der Waals surface area contributed by atoms with Crippen molar-refractivity contribution in [1.82, 2.24) is 10.6 Å². The van der Waals surface area contributed by atoms with Crippen molar-refractivity contribution in [2.75, 3.05) is 6.54 Å². The molecule has 1 heterocycles. The lowest BCUT2D eigenvalue weighted by Crippen LogP contribution is -2.48. The Hall–Kier alpha value is -1.89. The number of amides is 1. The molecular weight excluding hydrogens is 444 g/mol. The molecule has 30 heavy (non-hydrogen) atoms. The molecule has 5 nitrogen and oxygen atoms in total. The first-order valence-corrected chi connectivity index (χ1v) is 11.2. The third kappa shape index (κ3) is 6.30. The molecule has 0 saturated carbocycles. The molecule has 0 fully saturated rings. The summed E-state index contributed by atoms with van der Waals surface area (Å²) in [5, 5.41) is 17.3. The Kier molecular flexibility index (Phi) is 7.55. The van der Waals surface area contributed by atoms with E-state index in [0.29, 0.717) is 13.0 Å². The molecule has 3 N–H and O–H groups in total. The van der Waals surface area contributed by atoms with Gasteiger partial charge in [0, 0.05) is 36.0 Å². The van der Waals surface area contributed by atoms with Crippen LogP contribution in [0.1, 0.15) is 50.8 Å². The smallest absolute Gasteiger partial charge is 0.217 e. The van der Waals surface area contributed by atoms with Gasteiger partial charge in [0.15, 0.2) is 0 Å². The number of halogens is 1. The number of hydrogen-bond donors (Lipinski definition) is 3. The van der Waals surface area contributed by atoms with Crippen LogP contribution < -0.4 is 15.4 Å². The molecule has 0 bridgehead atoms. The molecule has 2 aromatic carbocycles. The fourth-order valence-electron chi connectivity index (χ4n) is 4.00. The van der Waals surface area contributed by atoms with Crippen LogP contribution in [-0.4, -0.2) is 35.3 Å². The Morgan fingerprint density at radius 3 is 2.70 bits per heavy atom. The van der Waals surface area contributed by atoms with E-state index in [0.717, 1.165) is 28.6 Å². The van der Waals surface area contributed by atoms with Crippen molar-refractivity contribution in [1.29, 1.82) is 0 Å². The zero-order valence-electron chi connectivity index (χ0n) is 17.8. The second-order valence-corrected chi connectivity index (χ2v) is 9.52. The van der Waals surface area contributed by atoms with Gasteiger partial charge in [-0.15, -0.1) is 0 Å². The van der Waals surface area contributed by atoms with Crippen molar-refractivity contribution < 1.29 is 14.6 Å². The SMILES string of the molecule is CC(=O)N[C@@H](CCc1ccccc1)[C@H](O)CN[C@H]1CC(C)(C)Oc2ccc(Br)cc21. The standard InChI is InChI=1S/C24H31BrN2O3/c1-16(28)27-20(11-9-17-7-5-4-6-8-17)22(29)15-26-21-14-24(2,3)30-23-12-10-18(25)13-19(21)23/h4-8,10,12-13,20-22,26,29H,9,11,14-15H2,1-3H3,(H,27,28)/t20-,21-,22+/m0/s1. The summed E-state index contributed by atoms with van der Waals surface area (Å²) >= 11 is 3.54. The lowest BCUT2D eigenvalue weighted by atomic mass is 9.89. The Morgan fingerprint density at radius 1 is 1.27 bits per heavy atom. The van der Waals surface area contributed by atoms with Crippen molar-refractivity contribution >= 4 is 21.8 Å². The maximum Gasteiger partial charge on any atom is 0.217 e. The molecule has 1 amide bonds. The largest absolute Gasteiger partial charge is 0.487 e. The van der Waals surface area contributed by atoms with Crippen molar-refractivity contribution in [2.24, 2.45) is 0 Å². The zero-order valence-corrected chi connectivity index (χ0v) is 19.4. The fraction of sp³-hybridized carbons (Fsp3) is 0.458. The molecule has 2 aromatic rings. The third-order valence-electron chi connectivity index (χ3n) is 5.44. The highest BCUT2D eigenvalue weighted by Gasteiger charge is 2.34. The predicted molar refractivity (Wildman–Crippen MR) is 123 cm³/mol. The molecule has 0 aliphatic carbocycles. The van der Waals surface area contributed by atoms with Crippen LogP contribution in [0.15, 0.2) is 53.0 Å². The molecule has 3 rings (SSSR count). The highest BCUT2D eigenvalue weighted by atomic mass is 79.9. The molecule has 0 radical (unpaired) electrons. The number of ether oxygens (including phenoxy) is 1. The molecule has 1 aliphatic rings. The van der Waals surface area contributed by atoms with Gasteiger partial charge in [0.2, 0.25) is 5.91 Å². The van der Waals surface area contributed by atoms with Gasteiger partial charge in [-0.05, 0) is 50.5 Å². The number of carbonyl (C=O) groups is 1. The minimum atomic E-state index is -0.695. The molecule has 0 aromatic heterocycles. The number of aliphatic hydroxyl groups is 1. The third-order valence-corrected chi connectivity index (χ3v) is 5.94. The monoisotopic (exact) mass is 474 g/mol. The van der Waals surface area contributed by atoms with Crippen LogP contribution in [0.5, 0.6) is 5.75 Å². The summed E-state index contributed by atoms with van der Waals surface area (Å²) in [6.45, 7) is 6.02. The van der Waals surface area contributed by atoms with E-state index < -0.39 is 6.10 Å². The number of carbonyl (C=O) groups excluding carboxylic acids is 1. The normalized spacial score (nSPS) is 19.3. The molecule has 0 unspecified atom stereocenters. The number of fused-ring (bicyclic) bond motifs is 1. The average molecular weight is 475 g/mol. The molecular formula is C24H31BrN2O3. The lowest BCUT2D eigenvalue weighted by molar-refractivity contribution is -0.120. The van der Waals surface area contributed by atoms with E-state index in [4.69, 9.17) is 4.74 Å². The maximum absolute atomic E-state index is 11.7. The Morgan fingerprint density at radius 2 is 2.00 bits per heavy atom. The van der Waals surface area contributed by atoms with E-state index >= 15 is 0 Å². The van der Waals surface area contributed by atoms with Gasteiger partial charge >= 0.3 is 0 Å². The van der Waals surface area contributed by atoms with Crippen LogP contribution in [0, 0.1) is 0 Å². The number of aliphatic hydroxyl groups excluding tert-OH is 1. The van der Waals surface area contributed by atoms with Crippen LogP contribution >= 0.6 is 15.9 Å². The van der Waals surface area contributed by atoms with Crippen LogP contribution in [-0.2, 0) is 11.2 Å². The summed E-state index contributed by atoms with van der Waals surface area (Å²) in [7, 11) is 0. The minimum Gasteiger partial charge on any atom is -0.487 e. The Labute approximate surface area is 187 Å². The van der Waals surface area contributed by atoms with Gasteiger partial charge in [-0.1, -0.05) is 46.3 Å². The van der Waals surface area contributed by atoms with E-state index in [1.54, 1.807) is 0 Å². The van der Waals surface area contributed by atoms with Crippen LogP contribution in [0.4, 0.5) is 0 Å². The van der Waals surface area contributed by atoms with Crippen molar-refractivity contribution in [3.05, 3.63) is 64.1 Å². The van der Waals surface area contributed by atoms with Crippen LogP contribution in [0.25, 0.3) is 0 Å². The fourth-order valence-corrected chi connectivity index (χ4v) is 4.38. The first-order chi connectivity index (χ1) is 14.2. The molecule has 0 saturated heterocycles. The molecule has 6 heteroatoms. The molecule has 3 atom stereocenters. The summed E-state index contributed by atoms with van der Waals surface area (Å²) in [6, 6.07) is 15.9. The summed E-state index contributed by atoms with van der Waals surface area (Å²) < 4.78 is 7.11. The van der Waals surface area contributed by atoms with E-state index in [1.165, 1.54) is 12.5 Å². The highest BCUT2D eigenvalue weighted by Crippen LogP contribution is 2.40. The van der Waals surface area contributed by atoms with Crippen LogP contribution in [0.3, 0.4) is 0 Å². The topological polar surface area (TPSA) is 70.6 Å². The first kappa shape index (κ1) is 22.8. The Balaban J connectivity index is 1.66. The van der Waals surface area contributed by atoms with Crippen molar-refractivity contribution in [2.45, 2.75) is 63.8 Å². The van der Waals surface area contributed by atoms with Crippen LogP contribution in [0.2, 0.25) is 0 Å².